The minimum atomic E-state index is -0.355. The molecule has 0 amide bonds. The summed E-state index contributed by atoms with van der Waals surface area (Å²) in [7, 11) is 1.34. The van der Waals surface area contributed by atoms with Crippen molar-refractivity contribution in [2.24, 2.45) is 0 Å². The van der Waals surface area contributed by atoms with Crippen LogP contribution in [-0.2, 0) is 31.9 Å². The van der Waals surface area contributed by atoms with Crippen LogP contribution in [0, 0.1) is 11.3 Å². The zero-order valence-corrected chi connectivity index (χ0v) is 11.6. The molecule has 0 unspecified atom stereocenters. The Hall–Kier alpha value is -2.35. The Labute approximate surface area is 118 Å². The number of rotatable bonds is 6. The first-order chi connectivity index (χ1) is 9.60. The molecule has 0 spiro atoms. The van der Waals surface area contributed by atoms with Crippen LogP contribution in [0.4, 0.5) is 0 Å². The van der Waals surface area contributed by atoms with Gasteiger partial charge in [-0.05, 0) is 30.5 Å². The molecule has 0 saturated carbocycles. The summed E-state index contributed by atoms with van der Waals surface area (Å²) < 4.78 is 9.43. The minimum absolute atomic E-state index is 0.0774. The number of esters is 2. The van der Waals surface area contributed by atoms with E-state index in [2.05, 4.69) is 10.8 Å². The lowest BCUT2D eigenvalue weighted by atomic mass is 10.00. The summed E-state index contributed by atoms with van der Waals surface area (Å²) in [5.41, 5.74) is 1.92. The van der Waals surface area contributed by atoms with E-state index in [0.717, 1.165) is 5.56 Å². The molecule has 0 saturated heterocycles. The van der Waals surface area contributed by atoms with Crippen molar-refractivity contribution < 1.29 is 19.1 Å². The van der Waals surface area contributed by atoms with Gasteiger partial charge in [0.15, 0.2) is 0 Å². The smallest absolute Gasteiger partial charge is 0.310 e. The number of methoxy groups -OCH3 is 1. The highest BCUT2D eigenvalue weighted by atomic mass is 16.5. The summed E-state index contributed by atoms with van der Waals surface area (Å²) in [6.07, 6.45) is 0.841. The van der Waals surface area contributed by atoms with Gasteiger partial charge in [-0.1, -0.05) is 12.1 Å². The molecule has 0 aromatic heterocycles. The van der Waals surface area contributed by atoms with Crippen molar-refractivity contribution in [1.82, 2.24) is 0 Å². The Morgan fingerprint density at radius 1 is 1.30 bits per heavy atom. The van der Waals surface area contributed by atoms with Gasteiger partial charge in [-0.15, -0.1) is 0 Å². The maximum Gasteiger partial charge on any atom is 0.310 e. The highest BCUT2D eigenvalue weighted by Crippen LogP contribution is 2.14. The Balaban J connectivity index is 2.78. The van der Waals surface area contributed by atoms with Crippen LogP contribution in [-0.4, -0.2) is 25.7 Å². The number of hydrogen-bond acceptors (Lipinski definition) is 5. The fourth-order valence-corrected chi connectivity index (χ4v) is 1.75. The molecule has 0 radical (unpaired) electrons. The van der Waals surface area contributed by atoms with E-state index in [9.17, 15) is 9.59 Å². The van der Waals surface area contributed by atoms with E-state index < -0.39 is 0 Å². The van der Waals surface area contributed by atoms with E-state index in [4.69, 9.17) is 10.00 Å². The van der Waals surface area contributed by atoms with Crippen LogP contribution < -0.4 is 0 Å². The lowest BCUT2D eigenvalue weighted by Gasteiger charge is -2.07. The Kier molecular flexibility index (Phi) is 6.24. The average Bonchev–Trinajstić information content (AvgIpc) is 2.45. The molecule has 5 nitrogen and oxygen atoms in total. The first kappa shape index (κ1) is 15.7. The number of aryl methyl sites for hydroxylation is 1. The van der Waals surface area contributed by atoms with Crippen LogP contribution in [0.25, 0.3) is 0 Å². The molecule has 1 rings (SSSR count). The number of nitriles is 1. The lowest BCUT2D eigenvalue weighted by Crippen LogP contribution is -2.09. The van der Waals surface area contributed by atoms with E-state index in [0.29, 0.717) is 24.2 Å². The van der Waals surface area contributed by atoms with Gasteiger partial charge in [0, 0.05) is 6.42 Å². The van der Waals surface area contributed by atoms with Crippen LogP contribution in [0.1, 0.15) is 30.0 Å². The molecule has 5 heteroatoms. The normalized spacial score (nSPS) is 9.65. The van der Waals surface area contributed by atoms with E-state index in [1.807, 2.05) is 0 Å². The fourth-order valence-electron chi connectivity index (χ4n) is 1.75. The Morgan fingerprint density at radius 3 is 2.65 bits per heavy atom. The zero-order chi connectivity index (χ0) is 15.0. The SMILES string of the molecule is CCOC(=O)Cc1ccc(CCC(=O)OC)cc1C#N. The van der Waals surface area contributed by atoms with Gasteiger partial charge in [0.2, 0.25) is 0 Å². The largest absolute Gasteiger partial charge is 0.469 e. The minimum Gasteiger partial charge on any atom is -0.469 e. The third-order valence-electron chi connectivity index (χ3n) is 2.78. The standard InChI is InChI=1S/C15H17NO4/c1-3-20-15(18)9-12-6-4-11(8-13(12)10-16)5-7-14(17)19-2/h4,6,8H,3,5,7,9H2,1-2H3. The van der Waals surface area contributed by atoms with Gasteiger partial charge in [-0.3, -0.25) is 9.59 Å². The second-order valence-electron chi connectivity index (χ2n) is 4.16. The van der Waals surface area contributed by atoms with Gasteiger partial charge >= 0.3 is 11.9 Å². The summed E-state index contributed by atoms with van der Waals surface area (Å²) >= 11 is 0. The average molecular weight is 275 g/mol. The molecule has 0 heterocycles. The molecule has 0 aliphatic heterocycles. The van der Waals surface area contributed by atoms with Crippen molar-refractivity contribution in [2.45, 2.75) is 26.2 Å². The molecule has 1 aromatic rings. The van der Waals surface area contributed by atoms with E-state index in [-0.39, 0.29) is 24.8 Å². The predicted molar refractivity (Wildman–Crippen MR) is 71.8 cm³/mol. The first-order valence-electron chi connectivity index (χ1n) is 6.35. The summed E-state index contributed by atoms with van der Waals surface area (Å²) in [4.78, 5) is 22.5. The van der Waals surface area contributed by atoms with Gasteiger partial charge in [-0.25, -0.2) is 0 Å². The summed E-state index contributed by atoms with van der Waals surface area (Å²) in [5, 5.41) is 9.12. The molecule has 0 bridgehead atoms. The number of carbonyl (C=O) groups excluding carboxylic acids is 2. The summed E-state index contributed by atoms with van der Waals surface area (Å²) in [6.45, 7) is 2.05. The maximum absolute atomic E-state index is 11.4. The van der Waals surface area contributed by atoms with Crippen molar-refractivity contribution in [2.75, 3.05) is 13.7 Å². The van der Waals surface area contributed by atoms with Gasteiger partial charge in [0.1, 0.15) is 0 Å². The molecule has 106 valence electrons. The van der Waals surface area contributed by atoms with E-state index >= 15 is 0 Å². The third-order valence-corrected chi connectivity index (χ3v) is 2.78. The van der Waals surface area contributed by atoms with Gasteiger partial charge < -0.3 is 9.47 Å². The summed E-state index contributed by atoms with van der Waals surface area (Å²) in [5.74, 6) is -0.648. The fraction of sp³-hybridized carbons (Fsp3) is 0.400. The molecule has 0 aliphatic rings. The van der Waals surface area contributed by atoms with Gasteiger partial charge in [0.05, 0.1) is 31.8 Å². The molecule has 20 heavy (non-hydrogen) atoms. The second-order valence-corrected chi connectivity index (χ2v) is 4.16. The van der Waals surface area contributed by atoms with Crippen LogP contribution in [0.2, 0.25) is 0 Å². The third kappa shape index (κ3) is 4.73. The van der Waals surface area contributed by atoms with Crippen LogP contribution in [0.3, 0.4) is 0 Å². The van der Waals surface area contributed by atoms with E-state index in [1.54, 1.807) is 25.1 Å². The number of benzene rings is 1. The molecular weight excluding hydrogens is 258 g/mol. The highest BCUT2D eigenvalue weighted by molar-refractivity contribution is 5.73. The Morgan fingerprint density at radius 2 is 2.05 bits per heavy atom. The number of ether oxygens (including phenoxy) is 2. The van der Waals surface area contributed by atoms with Crippen molar-refractivity contribution in [1.29, 1.82) is 5.26 Å². The van der Waals surface area contributed by atoms with Crippen LogP contribution >= 0.6 is 0 Å². The van der Waals surface area contributed by atoms with Crippen molar-refractivity contribution >= 4 is 11.9 Å². The predicted octanol–water partition coefficient (Wildman–Crippen LogP) is 1.77. The monoisotopic (exact) mass is 275 g/mol. The van der Waals surface area contributed by atoms with E-state index in [1.165, 1.54) is 7.11 Å². The molecule has 0 N–H and O–H groups in total. The van der Waals surface area contributed by atoms with Crippen LogP contribution in [0.5, 0.6) is 0 Å². The molecular formula is C15H17NO4. The zero-order valence-electron chi connectivity index (χ0n) is 11.6. The Bertz CT molecular complexity index is 531. The van der Waals surface area contributed by atoms with Crippen molar-refractivity contribution in [3.8, 4) is 6.07 Å². The number of hydrogen-bond donors (Lipinski definition) is 0. The maximum atomic E-state index is 11.4. The van der Waals surface area contributed by atoms with Crippen molar-refractivity contribution in [3.63, 3.8) is 0 Å². The second kappa shape index (κ2) is 7.95. The van der Waals surface area contributed by atoms with Gasteiger partial charge in [0.25, 0.3) is 0 Å². The van der Waals surface area contributed by atoms with Crippen molar-refractivity contribution in [3.05, 3.63) is 34.9 Å². The number of nitrogens with zero attached hydrogens (tertiary/aromatic N) is 1. The van der Waals surface area contributed by atoms with Gasteiger partial charge in [-0.2, -0.15) is 5.26 Å². The molecule has 0 fully saturated rings. The molecule has 1 aromatic carbocycles. The highest BCUT2D eigenvalue weighted by Gasteiger charge is 2.10. The molecule has 0 aliphatic carbocycles. The number of carbonyl (C=O) groups is 2. The topological polar surface area (TPSA) is 76.4 Å². The summed E-state index contributed by atoms with van der Waals surface area (Å²) in [6, 6.07) is 7.28. The molecule has 0 atom stereocenters. The quantitative estimate of drug-likeness (QED) is 0.739. The van der Waals surface area contributed by atoms with Crippen LogP contribution in [0.15, 0.2) is 18.2 Å². The first-order valence-corrected chi connectivity index (χ1v) is 6.35. The lowest BCUT2D eigenvalue weighted by molar-refractivity contribution is -0.142.